The van der Waals surface area contributed by atoms with Crippen LogP contribution in [0.4, 0.5) is 0 Å². The van der Waals surface area contributed by atoms with Gasteiger partial charge in [0.25, 0.3) is 0 Å². The maximum atomic E-state index is 11.3. The summed E-state index contributed by atoms with van der Waals surface area (Å²) in [5.74, 6) is -4.26. The van der Waals surface area contributed by atoms with Crippen molar-refractivity contribution in [1.29, 1.82) is 0 Å². The molecule has 0 bridgehead atoms. The second-order valence-corrected chi connectivity index (χ2v) is 4.67. The van der Waals surface area contributed by atoms with Gasteiger partial charge in [0, 0.05) is 0 Å². The smallest absolute Gasteiger partial charge is 0.336 e. The van der Waals surface area contributed by atoms with Crippen LogP contribution in [0.15, 0.2) is 0 Å². The minimum atomic E-state index is -2.64. The molecule has 0 spiro atoms. The van der Waals surface area contributed by atoms with Crippen molar-refractivity contribution in [1.82, 2.24) is 0 Å². The average Bonchev–Trinajstić information content (AvgIpc) is 1.96. The summed E-state index contributed by atoms with van der Waals surface area (Å²) < 4.78 is 4.81. The lowest BCUT2D eigenvalue weighted by Crippen LogP contribution is -2.44. The number of carboxylic acids is 2. The Morgan fingerprint density at radius 2 is 1.53 bits per heavy atom. The molecule has 0 aliphatic rings. The molecule has 1 atom stereocenters. The maximum absolute atomic E-state index is 11.3. The third kappa shape index (κ3) is 5.86. The minimum Gasteiger partial charge on any atom is -0.481 e. The topological polar surface area (TPSA) is 121 Å². The lowest BCUT2D eigenvalue weighted by molar-refractivity contribution is -0.175. The summed E-state index contributed by atoms with van der Waals surface area (Å²) in [6.07, 6.45) is -1.98. The van der Waals surface area contributed by atoms with Gasteiger partial charge in [-0.15, -0.1) is 0 Å². The van der Waals surface area contributed by atoms with Gasteiger partial charge >= 0.3 is 17.9 Å². The molecule has 0 fully saturated rings. The average molecular weight is 248 g/mol. The summed E-state index contributed by atoms with van der Waals surface area (Å²) in [7, 11) is 0. The highest BCUT2D eigenvalue weighted by Gasteiger charge is 2.42. The highest BCUT2D eigenvalue weighted by molar-refractivity contribution is 5.88. The van der Waals surface area contributed by atoms with Gasteiger partial charge in [-0.3, -0.25) is 9.59 Å². The fourth-order valence-electron chi connectivity index (χ4n) is 1.08. The Morgan fingerprint density at radius 3 is 1.82 bits per heavy atom. The zero-order valence-corrected chi connectivity index (χ0v) is 9.89. The number of carboxylic acid groups (broad SMARTS) is 2. The molecule has 0 saturated carbocycles. The van der Waals surface area contributed by atoms with Crippen LogP contribution in [0.2, 0.25) is 0 Å². The minimum absolute atomic E-state index is 0.834. The number of rotatable bonds is 5. The van der Waals surface area contributed by atoms with Crippen molar-refractivity contribution in [3.05, 3.63) is 0 Å². The molecule has 0 amide bonds. The predicted molar refractivity (Wildman–Crippen MR) is 55.3 cm³/mol. The first-order valence-electron chi connectivity index (χ1n) is 4.86. The number of hydrogen-bond acceptors (Lipinski definition) is 5. The van der Waals surface area contributed by atoms with Gasteiger partial charge in [-0.2, -0.15) is 0 Å². The summed E-state index contributed by atoms with van der Waals surface area (Å²) in [4.78, 5) is 32.5. The summed E-state index contributed by atoms with van der Waals surface area (Å²) in [5.41, 5.74) is -3.48. The zero-order chi connectivity index (χ0) is 13.9. The third-order valence-electron chi connectivity index (χ3n) is 1.70. The van der Waals surface area contributed by atoms with E-state index in [9.17, 15) is 19.5 Å². The largest absolute Gasteiger partial charge is 0.481 e. The molecule has 98 valence electrons. The van der Waals surface area contributed by atoms with E-state index in [4.69, 9.17) is 14.9 Å². The van der Waals surface area contributed by atoms with Gasteiger partial charge < -0.3 is 20.1 Å². The van der Waals surface area contributed by atoms with Gasteiger partial charge in [0.15, 0.2) is 5.60 Å². The Bertz CT molecular complexity index is 328. The van der Waals surface area contributed by atoms with Crippen LogP contribution in [0.25, 0.3) is 0 Å². The molecule has 0 aromatic heterocycles. The molecule has 7 heteroatoms. The van der Waals surface area contributed by atoms with Gasteiger partial charge in [-0.25, -0.2) is 4.79 Å². The first-order valence-corrected chi connectivity index (χ1v) is 4.86. The van der Waals surface area contributed by atoms with Crippen LogP contribution in [-0.4, -0.2) is 44.4 Å². The molecule has 0 aromatic carbocycles. The van der Waals surface area contributed by atoms with Crippen LogP contribution in [-0.2, 0) is 19.1 Å². The molecule has 0 aliphatic carbocycles. The van der Waals surface area contributed by atoms with Crippen molar-refractivity contribution >= 4 is 17.9 Å². The van der Waals surface area contributed by atoms with E-state index in [1.807, 2.05) is 0 Å². The monoisotopic (exact) mass is 248 g/mol. The van der Waals surface area contributed by atoms with Crippen molar-refractivity contribution in [2.75, 3.05) is 0 Å². The molecular weight excluding hydrogens is 232 g/mol. The lowest BCUT2D eigenvalue weighted by Gasteiger charge is -2.24. The molecule has 0 aliphatic heterocycles. The number of aliphatic hydroxyl groups is 1. The van der Waals surface area contributed by atoms with Crippen molar-refractivity contribution < 1.29 is 34.4 Å². The standard InChI is InChI=1S/C10H16O7/c1-9(2,3)17-7(13)5-10(16,8(14)15)4-6(11)12/h16H,4-5H2,1-3H3,(H,11,12)(H,14,15). The first-order chi connectivity index (χ1) is 7.46. The fourth-order valence-corrected chi connectivity index (χ4v) is 1.08. The summed E-state index contributed by atoms with van der Waals surface area (Å²) in [5, 5.41) is 26.7. The highest BCUT2D eigenvalue weighted by atomic mass is 16.6. The summed E-state index contributed by atoms with van der Waals surface area (Å²) in [6, 6.07) is 0. The second-order valence-electron chi connectivity index (χ2n) is 4.67. The molecule has 0 radical (unpaired) electrons. The first kappa shape index (κ1) is 15.4. The number of aliphatic carboxylic acids is 2. The Hall–Kier alpha value is -1.63. The number of esters is 1. The normalized spacial score (nSPS) is 14.8. The van der Waals surface area contributed by atoms with E-state index in [2.05, 4.69) is 0 Å². The molecular formula is C10H16O7. The maximum Gasteiger partial charge on any atom is 0.336 e. The van der Waals surface area contributed by atoms with Gasteiger partial charge in [0.1, 0.15) is 5.60 Å². The van der Waals surface area contributed by atoms with Crippen molar-refractivity contribution in [2.45, 2.75) is 44.8 Å². The Kier molecular flexibility index (Phi) is 4.64. The van der Waals surface area contributed by atoms with E-state index in [1.54, 1.807) is 20.8 Å². The van der Waals surface area contributed by atoms with Crippen LogP contribution in [0.3, 0.4) is 0 Å². The van der Waals surface area contributed by atoms with E-state index >= 15 is 0 Å². The number of carbonyl (C=O) groups is 3. The van der Waals surface area contributed by atoms with E-state index in [1.165, 1.54) is 0 Å². The lowest BCUT2D eigenvalue weighted by atomic mass is 9.96. The molecule has 1 unspecified atom stereocenters. The molecule has 0 heterocycles. The van der Waals surface area contributed by atoms with Crippen LogP contribution in [0.5, 0.6) is 0 Å². The van der Waals surface area contributed by atoms with Crippen molar-refractivity contribution in [3.63, 3.8) is 0 Å². The van der Waals surface area contributed by atoms with Gasteiger partial charge in [0.2, 0.25) is 0 Å². The van der Waals surface area contributed by atoms with Crippen LogP contribution in [0, 0.1) is 0 Å². The Labute approximate surface area is 98.0 Å². The fraction of sp³-hybridized carbons (Fsp3) is 0.700. The van der Waals surface area contributed by atoms with E-state index in [0.717, 1.165) is 0 Å². The molecule has 3 N–H and O–H groups in total. The summed E-state index contributed by atoms with van der Waals surface area (Å²) >= 11 is 0. The van der Waals surface area contributed by atoms with Crippen LogP contribution < -0.4 is 0 Å². The Morgan fingerprint density at radius 1 is 1.06 bits per heavy atom. The van der Waals surface area contributed by atoms with Crippen molar-refractivity contribution in [3.8, 4) is 0 Å². The van der Waals surface area contributed by atoms with E-state index in [0.29, 0.717) is 0 Å². The molecule has 0 aromatic rings. The van der Waals surface area contributed by atoms with E-state index < -0.39 is 42.0 Å². The predicted octanol–water partition coefficient (Wildman–Crippen LogP) is 0.00860. The third-order valence-corrected chi connectivity index (χ3v) is 1.70. The molecule has 7 nitrogen and oxygen atoms in total. The Balaban J connectivity index is 4.72. The van der Waals surface area contributed by atoms with Crippen molar-refractivity contribution in [2.24, 2.45) is 0 Å². The number of ether oxygens (including phenoxy) is 1. The number of hydrogen-bond donors (Lipinski definition) is 3. The summed E-state index contributed by atoms with van der Waals surface area (Å²) in [6.45, 7) is 4.71. The van der Waals surface area contributed by atoms with Gasteiger partial charge in [-0.05, 0) is 20.8 Å². The van der Waals surface area contributed by atoms with Crippen LogP contribution in [0.1, 0.15) is 33.6 Å². The molecule has 0 saturated heterocycles. The van der Waals surface area contributed by atoms with E-state index in [-0.39, 0.29) is 0 Å². The highest BCUT2D eigenvalue weighted by Crippen LogP contribution is 2.19. The molecule has 0 rings (SSSR count). The van der Waals surface area contributed by atoms with Gasteiger partial charge in [0.05, 0.1) is 12.8 Å². The quantitative estimate of drug-likeness (QED) is 0.586. The second kappa shape index (κ2) is 5.13. The SMILES string of the molecule is CC(C)(C)OC(=O)CC(O)(CC(=O)O)C(=O)O. The number of carbonyl (C=O) groups excluding carboxylic acids is 1. The van der Waals surface area contributed by atoms with Gasteiger partial charge in [-0.1, -0.05) is 0 Å². The molecule has 17 heavy (non-hydrogen) atoms. The zero-order valence-electron chi connectivity index (χ0n) is 9.89. The van der Waals surface area contributed by atoms with Crippen LogP contribution >= 0.6 is 0 Å².